The largest absolute Gasteiger partial charge is 0.494 e. The summed E-state index contributed by atoms with van der Waals surface area (Å²) >= 11 is 0. The van der Waals surface area contributed by atoms with Gasteiger partial charge in [-0.25, -0.2) is 27.3 Å². The number of hydrogen-bond donors (Lipinski definition) is 2. The molecule has 200 valence electrons. The molecule has 7 nitrogen and oxygen atoms in total. The van der Waals surface area contributed by atoms with Crippen LogP contribution in [0.25, 0.3) is 11.3 Å². The molecule has 0 amide bonds. The monoisotopic (exact) mass is 531 g/mol. The summed E-state index contributed by atoms with van der Waals surface area (Å²) in [5, 5.41) is 6.16. The molecular weight excluding hydrogens is 496 g/mol. The van der Waals surface area contributed by atoms with Crippen LogP contribution in [0.1, 0.15) is 46.1 Å². The summed E-state index contributed by atoms with van der Waals surface area (Å²) in [5.41, 5.74) is 2.17. The van der Waals surface area contributed by atoms with Gasteiger partial charge >= 0.3 is 0 Å². The number of anilines is 3. The van der Waals surface area contributed by atoms with Crippen LogP contribution in [0.15, 0.2) is 47.0 Å². The van der Waals surface area contributed by atoms with Crippen LogP contribution >= 0.6 is 0 Å². The Bertz CT molecular complexity index is 1340. The Morgan fingerprint density at radius 1 is 1.11 bits per heavy atom. The predicted molar refractivity (Wildman–Crippen MR) is 147 cm³/mol. The topological polar surface area (TPSA) is 88.5 Å². The molecule has 0 saturated heterocycles. The third-order valence-electron chi connectivity index (χ3n) is 5.23. The molecule has 2 aromatic carbocycles. The number of halogens is 2. The molecule has 0 aliphatic carbocycles. The average molecular weight is 532 g/mol. The zero-order valence-electron chi connectivity index (χ0n) is 22.0. The lowest BCUT2D eigenvalue weighted by atomic mass is 10.1. The van der Waals surface area contributed by atoms with Crippen LogP contribution in [0.5, 0.6) is 5.75 Å². The quantitative estimate of drug-likeness (QED) is 0.387. The van der Waals surface area contributed by atoms with Gasteiger partial charge in [-0.2, -0.15) is 0 Å². The first kappa shape index (κ1) is 28.3. The van der Waals surface area contributed by atoms with Crippen molar-refractivity contribution < 1.29 is 17.7 Å². The van der Waals surface area contributed by atoms with Crippen LogP contribution in [-0.4, -0.2) is 39.6 Å². The summed E-state index contributed by atoms with van der Waals surface area (Å²) < 4.78 is 52.2. The molecule has 2 heterocycles. The average Bonchev–Trinajstić information content (AvgIpc) is 2.83. The number of nitrogens with zero attached hydrogens (tertiary/aromatic N) is 3. The minimum Gasteiger partial charge on any atom is -0.494 e. The lowest BCUT2D eigenvalue weighted by Gasteiger charge is -2.15. The van der Waals surface area contributed by atoms with Crippen molar-refractivity contribution in [2.45, 2.75) is 52.3 Å². The van der Waals surface area contributed by atoms with Crippen molar-refractivity contribution >= 4 is 27.1 Å². The fourth-order valence-electron chi connectivity index (χ4n) is 3.90. The molecule has 10 heteroatoms. The van der Waals surface area contributed by atoms with Gasteiger partial charge in [0, 0.05) is 39.8 Å². The van der Waals surface area contributed by atoms with Gasteiger partial charge in [0.2, 0.25) is 5.95 Å². The fraction of sp³-hybridized carbons (Fsp3) is 0.407. The van der Waals surface area contributed by atoms with Gasteiger partial charge in [0.15, 0.2) is 5.82 Å². The van der Waals surface area contributed by atoms with E-state index in [4.69, 9.17) is 4.74 Å². The number of fused-ring (bicyclic) bond motifs is 7. The fourth-order valence-corrected chi connectivity index (χ4v) is 5.65. The van der Waals surface area contributed by atoms with E-state index in [9.17, 15) is 13.0 Å². The number of rotatable bonds is 3. The van der Waals surface area contributed by atoms with E-state index in [0.717, 1.165) is 24.6 Å². The minimum absolute atomic E-state index is 0.0466. The zero-order chi connectivity index (χ0) is 27.0. The molecule has 6 bridgehead atoms. The number of aromatic nitrogens is 2. The van der Waals surface area contributed by atoms with Crippen molar-refractivity contribution in [3.8, 4) is 17.0 Å². The number of hydrogen-bond acceptors (Lipinski definition) is 7. The van der Waals surface area contributed by atoms with E-state index in [2.05, 4.69) is 25.0 Å². The van der Waals surface area contributed by atoms with E-state index in [0.29, 0.717) is 30.2 Å². The van der Waals surface area contributed by atoms with E-state index in [1.54, 1.807) is 18.4 Å². The zero-order valence-corrected chi connectivity index (χ0v) is 22.8. The summed E-state index contributed by atoms with van der Waals surface area (Å²) in [6.07, 6.45) is 4.21. The van der Waals surface area contributed by atoms with Crippen LogP contribution in [0, 0.1) is 11.6 Å². The Balaban J connectivity index is 0.00000186. The Hall–Kier alpha value is -3.27. The third kappa shape index (κ3) is 8.11. The maximum atomic E-state index is 14.6. The third-order valence-corrected chi connectivity index (χ3v) is 6.97. The Kier molecular flexibility index (Phi) is 9.79. The molecule has 3 aromatic rings. The van der Waals surface area contributed by atoms with Crippen molar-refractivity contribution in [3.05, 3.63) is 59.8 Å². The minimum atomic E-state index is -2.44. The van der Waals surface area contributed by atoms with Gasteiger partial charge in [-0.1, -0.05) is 13.8 Å². The maximum absolute atomic E-state index is 14.6. The highest BCUT2D eigenvalue weighted by molar-refractivity contribution is 7.92. The molecule has 1 aromatic heterocycles. The smallest absolute Gasteiger partial charge is 0.227 e. The van der Waals surface area contributed by atoms with Gasteiger partial charge < -0.3 is 15.4 Å². The van der Waals surface area contributed by atoms with Gasteiger partial charge in [-0.3, -0.25) is 0 Å². The van der Waals surface area contributed by atoms with Gasteiger partial charge in [-0.05, 0) is 62.6 Å². The molecule has 0 spiro atoms. The molecule has 4 rings (SSSR count). The van der Waals surface area contributed by atoms with E-state index < -0.39 is 21.4 Å². The van der Waals surface area contributed by atoms with Crippen LogP contribution in [0.3, 0.4) is 0 Å². The van der Waals surface area contributed by atoms with Crippen molar-refractivity contribution in [2.24, 2.45) is 4.36 Å². The molecule has 37 heavy (non-hydrogen) atoms. The highest BCUT2D eigenvalue weighted by Gasteiger charge is 2.14. The van der Waals surface area contributed by atoms with Crippen molar-refractivity contribution in [2.75, 3.05) is 30.0 Å². The van der Waals surface area contributed by atoms with Gasteiger partial charge in [0.05, 0.1) is 30.3 Å². The first-order valence-corrected chi connectivity index (χ1v) is 14.6. The summed E-state index contributed by atoms with van der Waals surface area (Å²) in [6, 6.07) is 9.76. The summed E-state index contributed by atoms with van der Waals surface area (Å²) in [6.45, 7) is 8.78. The van der Waals surface area contributed by atoms with Gasteiger partial charge in [0.1, 0.15) is 17.3 Å². The first-order valence-electron chi connectivity index (χ1n) is 12.5. The lowest BCUT2D eigenvalue weighted by Crippen LogP contribution is -2.08. The molecular formula is C27H35F2N5O2S. The number of ether oxygens (including phenoxy) is 1. The van der Waals surface area contributed by atoms with E-state index in [1.165, 1.54) is 12.1 Å². The second kappa shape index (κ2) is 12.8. The standard InChI is InChI=1S/C25H29F2N5O2S.C2H6/c1-16(2)32-35(3,33)15-17-10-19-13-20(11-17)34-9-5-4-8-28-23-12-18(6-7-21(23)26)24-22(27)14-29-25(30-19)31-24;1-2/h6-7,10-14,16,28H,4-5,8-9,15H2,1-3H3,(H,29,30,31);1-2H3. The summed E-state index contributed by atoms with van der Waals surface area (Å²) in [7, 11) is -2.44. The number of benzene rings is 2. The highest BCUT2D eigenvalue weighted by Crippen LogP contribution is 2.29. The van der Waals surface area contributed by atoms with E-state index in [-0.39, 0.29) is 29.1 Å². The second-order valence-electron chi connectivity index (χ2n) is 8.86. The molecule has 1 aliphatic heterocycles. The normalized spacial score (nSPS) is 14.7. The molecule has 0 fully saturated rings. The molecule has 2 N–H and O–H groups in total. The molecule has 1 atom stereocenters. The van der Waals surface area contributed by atoms with Crippen molar-refractivity contribution in [1.29, 1.82) is 0 Å². The summed E-state index contributed by atoms with van der Waals surface area (Å²) in [5.74, 6) is -0.0106. The van der Waals surface area contributed by atoms with Crippen molar-refractivity contribution in [3.63, 3.8) is 0 Å². The SMILES string of the molecule is CC.CC(C)N=S(C)(=O)Cc1cc2cc(c1)OCCCCNc1cc(ccc1F)-c1nc(ncc1F)N2. The Morgan fingerprint density at radius 3 is 2.65 bits per heavy atom. The lowest BCUT2D eigenvalue weighted by molar-refractivity contribution is 0.308. The summed E-state index contributed by atoms with van der Waals surface area (Å²) in [4.78, 5) is 8.40. The maximum Gasteiger partial charge on any atom is 0.227 e. The Morgan fingerprint density at radius 2 is 1.89 bits per heavy atom. The van der Waals surface area contributed by atoms with Gasteiger partial charge in [0.25, 0.3) is 0 Å². The Labute approximate surface area is 218 Å². The molecule has 1 unspecified atom stereocenters. The second-order valence-corrected chi connectivity index (χ2v) is 11.3. The van der Waals surface area contributed by atoms with Crippen LogP contribution in [0.2, 0.25) is 0 Å². The highest BCUT2D eigenvalue weighted by atomic mass is 32.2. The molecule has 0 radical (unpaired) electrons. The number of nitrogens with one attached hydrogen (secondary N) is 2. The van der Waals surface area contributed by atoms with Crippen LogP contribution in [0.4, 0.5) is 26.1 Å². The molecule has 0 saturated carbocycles. The van der Waals surface area contributed by atoms with Crippen LogP contribution < -0.4 is 15.4 Å². The van der Waals surface area contributed by atoms with E-state index in [1.807, 2.05) is 39.8 Å². The van der Waals surface area contributed by atoms with Crippen LogP contribution in [-0.2, 0) is 15.5 Å². The molecule has 1 aliphatic rings. The van der Waals surface area contributed by atoms with E-state index >= 15 is 0 Å². The van der Waals surface area contributed by atoms with Gasteiger partial charge in [-0.15, -0.1) is 0 Å². The predicted octanol–water partition coefficient (Wildman–Crippen LogP) is 6.78. The first-order chi connectivity index (χ1) is 17.7. The van der Waals surface area contributed by atoms with Crippen molar-refractivity contribution in [1.82, 2.24) is 9.97 Å².